The number of amides is 2. The molecule has 1 aromatic rings. The number of carbonyl (C=O) groups is 2. The van der Waals surface area contributed by atoms with Crippen LogP contribution in [0.1, 0.15) is 51.5 Å². The van der Waals surface area contributed by atoms with Crippen molar-refractivity contribution in [2.45, 2.75) is 63.6 Å². The highest BCUT2D eigenvalue weighted by Crippen LogP contribution is 2.34. The third kappa shape index (κ3) is 4.24. The van der Waals surface area contributed by atoms with Crippen LogP contribution in [0.15, 0.2) is 30.3 Å². The fraction of sp³-hybridized carbons (Fsp3) is 0.571. The molecule has 2 fully saturated rings. The molecule has 1 aromatic carbocycles. The molecule has 0 aliphatic carbocycles. The second kappa shape index (κ2) is 7.59. The molecule has 0 saturated carbocycles. The molecule has 2 heterocycles. The summed E-state index contributed by atoms with van der Waals surface area (Å²) in [6.07, 6.45) is 1.61. The number of nitriles is 1. The molecular weight excluding hydrogens is 342 g/mol. The van der Waals surface area contributed by atoms with E-state index in [0.29, 0.717) is 25.9 Å². The van der Waals surface area contributed by atoms with Gasteiger partial charge in [-0.2, -0.15) is 5.26 Å². The zero-order valence-electron chi connectivity index (χ0n) is 16.2. The Morgan fingerprint density at radius 3 is 2.52 bits per heavy atom. The topological polar surface area (TPSA) is 73.6 Å². The Balaban J connectivity index is 1.84. The lowest BCUT2D eigenvalue weighted by molar-refractivity contribution is -0.135. The third-order valence-corrected chi connectivity index (χ3v) is 5.17. The number of hydrogen-bond donors (Lipinski definition) is 0. The van der Waals surface area contributed by atoms with Crippen LogP contribution in [-0.4, -0.2) is 52.6 Å². The highest BCUT2D eigenvalue weighted by molar-refractivity contribution is 5.87. The van der Waals surface area contributed by atoms with Crippen molar-refractivity contribution in [2.24, 2.45) is 0 Å². The van der Waals surface area contributed by atoms with Crippen LogP contribution in [0.25, 0.3) is 0 Å². The Morgan fingerprint density at radius 1 is 1.19 bits per heavy atom. The molecule has 2 unspecified atom stereocenters. The van der Waals surface area contributed by atoms with Crippen LogP contribution in [0, 0.1) is 11.3 Å². The van der Waals surface area contributed by atoms with Crippen molar-refractivity contribution in [3.63, 3.8) is 0 Å². The van der Waals surface area contributed by atoms with Gasteiger partial charge in [0.2, 0.25) is 5.91 Å². The van der Waals surface area contributed by atoms with Crippen LogP contribution < -0.4 is 0 Å². The van der Waals surface area contributed by atoms with Crippen molar-refractivity contribution in [1.29, 1.82) is 5.26 Å². The summed E-state index contributed by atoms with van der Waals surface area (Å²) in [4.78, 5) is 29.2. The van der Waals surface area contributed by atoms with E-state index < -0.39 is 23.8 Å². The first-order chi connectivity index (χ1) is 12.8. The summed E-state index contributed by atoms with van der Waals surface area (Å²) in [7, 11) is 0. The lowest BCUT2D eigenvalue weighted by atomic mass is 9.96. The molecule has 0 bridgehead atoms. The third-order valence-electron chi connectivity index (χ3n) is 5.17. The smallest absolute Gasteiger partial charge is 0.410 e. The van der Waals surface area contributed by atoms with Gasteiger partial charge in [-0.1, -0.05) is 30.3 Å². The minimum Gasteiger partial charge on any atom is -0.444 e. The number of hydrogen-bond acceptors (Lipinski definition) is 4. The summed E-state index contributed by atoms with van der Waals surface area (Å²) in [5.41, 5.74) is 0.484. The van der Waals surface area contributed by atoms with E-state index in [4.69, 9.17) is 4.74 Å². The quantitative estimate of drug-likeness (QED) is 0.802. The molecule has 0 aromatic heterocycles. The molecule has 3 rings (SSSR count). The Kier molecular flexibility index (Phi) is 5.41. The van der Waals surface area contributed by atoms with E-state index in [2.05, 4.69) is 6.07 Å². The molecule has 2 aliphatic heterocycles. The van der Waals surface area contributed by atoms with Crippen LogP contribution in [0.4, 0.5) is 4.79 Å². The predicted octanol–water partition coefficient (Wildman–Crippen LogP) is 3.29. The molecule has 2 aliphatic rings. The number of carbonyl (C=O) groups excluding carboxylic acids is 2. The lowest BCUT2D eigenvalue weighted by Crippen LogP contribution is -2.50. The van der Waals surface area contributed by atoms with Crippen LogP contribution in [-0.2, 0) is 9.53 Å². The number of benzene rings is 1. The first kappa shape index (κ1) is 19.2. The average Bonchev–Trinajstić information content (AvgIpc) is 3.27. The van der Waals surface area contributed by atoms with Gasteiger partial charge in [0.05, 0.1) is 6.07 Å². The van der Waals surface area contributed by atoms with Gasteiger partial charge in [0.15, 0.2) is 0 Å². The number of nitrogens with zero attached hydrogens (tertiary/aromatic N) is 3. The largest absolute Gasteiger partial charge is 0.444 e. The van der Waals surface area contributed by atoms with Gasteiger partial charge in [0.25, 0.3) is 0 Å². The molecule has 0 radical (unpaired) electrons. The maximum atomic E-state index is 13.2. The minimum absolute atomic E-state index is 0.0795. The van der Waals surface area contributed by atoms with Crippen molar-refractivity contribution in [1.82, 2.24) is 9.80 Å². The Bertz CT molecular complexity index is 735. The monoisotopic (exact) mass is 369 g/mol. The van der Waals surface area contributed by atoms with Gasteiger partial charge in [-0.05, 0) is 45.6 Å². The zero-order chi connectivity index (χ0) is 19.6. The first-order valence-corrected chi connectivity index (χ1v) is 9.55. The van der Waals surface area contributed by atoms with Gasteiger partial charge in [-0.3, -0.25) is 9.69 Å². The summed E-state index contributed by atoms with van der Waals surface area (Å²) in [6, 6.07) is 11.2. The van der Waals surface area contributed by atoms with E-state index in [-0.39, 0.29) is 11.8 Å². The van der Waals surface area contributed by atoms with Crippen LogP contribution in [0.3, 0.4) is 0 Å². The summed E-state index contributed by atoms with van der Waals surface area (Å²) in [5, 5.41) is 9.34. The van der Waals surface area contributed by atoms with Crippen LogP contribution >= 0.6 is 0 Å². The first-order valence-electron chi connectivity index (χ1n) is 9.55. The molecule has 0 spiro atoms. The van der Waals surface area contributed by atoms with E-state index in [1.165, 1.54) is 0 Å². The summed E-state index contributed by atoms with van der Waals surface area (Å²) < 4.78 is 5.55. The van der Waals surface area contributed by atoms with Gasteiger partial charge in [0.1, 0.15) is 17.7 Å². The van der Waals surface area contributed by atoms with E-state index >= 15 is 0 Å². The second-order valence-corrected chi connectivity index (χ2v) is 8.31. The molecule has 6 heteroatoms. The molecule has 27 heavy (non-hydrogen) atoms. The van der Waals surface area contributed by atoms with Crippen molar-refractivity contribution in [3.8, 4) is 6.07 Å². The fourth-order valence-corrected chi connectivity index (χ4v) is 3.92. The summed E-state index contributed by atoms with van der Waals surface area (Å²) in [6.45, 7) is 6.47. The van der Waals surface area contributed by atoms with Gasteiger partial charge in [0, 0.05) is 19.0 Å². The van der Waals surface area contributed by atoms with Crippen molar-refractivity contribution in [2.75, 3.05) is 13.1 Å². The molecule has 2 amide bonds. The number of likely N-dealkylation sites (tertiary alicyclic amines) is 2. The highest BCUT2D eigenvalue weighted by atomic mass is 16.6. The minimum atomic E-state index is -0.627. The SMILES string of the molecule is CC(C)(C)OC(=O)N1CC(c2ccccc2)CC1C(=O)N1CCC[C@H]1C#N. The van der Waals surface area contributed by atoms with Gasteiger partial charge in [-0.15, -0.1) is 0 Å². The molecular formula is C21H27N3O3. The Morgan fingerprint density at radius 2 is 1.89 bits per heavy atom. The zero-order valence-corrected chi connectivity index (χ0v) is 16.2. The lowest BCUT2D eigenvalue weighted by Gasteiger charge is -2.31. The average molecular weight is 369 g/mol. The Labute approximate surface area is 160 Å². The predicted molar refractivity (Wildman–Crippen MR) is 101 cm³/mol. The molecule has 2 saturated heterocycles. The second-order valence-electron chi connectivity index (χ2n) is 8.31. The number of ether oxygens (including phenoxy) is 1. The van der Waals surface area contributed by atoms with E-state index in [9.17, 15) is 14.9 Å². The normalized spacial score (nSPS) is 25.3. The summed E-state index contributed by atoms with van der Waals surface area (Å²) in [5.74, 6) is -0.0563. The van der Waals surface area contributed by atoms with Crippen molar-refractivity contribution >= 4 is 12.0 Å². The molecule has 0 N–H and O–H groups in total. The molecule has 6 nitrogen and oxygen atoms in total. The highest BCUT2D eigenvalue weighted by Gasteiger charge is 2.45. The maximum absolute atomic E-state index is 13.2. The van der Waals surface area contributed by atoms with E-state index in [1.807, 2.05) is 51.1 Å². The summed E-state index contributed by atoms with van der Waals surface area (Å²) >= 11 is 0. The standard InChI is InChI=1S/C21H27N3O3/c1-21(2,3)27-20(26)24-14-16(15-8-5-4-6-9-15)12-18(24)19(25)23-11-7-10-17(23)13-22/h4-6,8-9,16-18H,7,10-12,14H2,1-3H3/t16?,17-,18?/m0/s1. The van der Waals surface area contributed by atoms with Crippen molar-refractivity contribution in [3.05, 3.63) is 35.9 Å². The van der Waals surface area contributed by atoms with Crippen molar-refractivity contribution < 1.29 is 14.3 Å². The molecule has 3 atom stereocenters. The fourth-order valence-electron chi connectivity index (χ4n) is 3.92. The van der Waals surface area contributed by atoms with Gasteiger partial charge in [-0.25, -0.2) is 4.79 Å². The maximum Gasteiger partial charge on any atom is 0.410 e. The van der Waals surface area contributed by atoms with Crippen LogP contribution in [0.5, 0.6) is 0 Å². The van der Waals surface area contributed by atoms with Crippen LogP contribution in [0.2, 0.25) is 0 Å². The molecule has 144 valence electrons. The Hall–Kier alpha value is -2.55. The number of rotatable bonds is 2. The van der Waals surface area contributed by atoms with Gasteiger partial charge < -0.3 is 9.64 Å². The van der Waals surface area contributed by atoms with E-state index in [0.717, 1.165) is 12.0 Å². The van der Waals surface area contributed by atoms with E-state index in [1.54, 1.807) is 9.80 Å². The van der Waals surface area contributed by atoms with Gasteiger partial charge >= 0.3 is 6.09 Å².